The minimum Gasteiger partial charge on any atom is -0.481 e. The van der Waals surface area contributed by atoms with Gasteiger partial charge in [0.25, 0.3) is 0 Å². The number of aliphatic hydroxyl groups excluding tert-OH is 1. The Labute approximate surface area is 258 Å². The van der Waals surface area contributed by atoms with Gasteiger partial charge < -0.3 is 25.0 Å². The van der Waals surface area contributed by atoms with Crippen LogP contribution >= 0.6 is 0 Å². The fourth-order valence-corrected chi connectivity index (χ4v) is 5.54. The summed E-state index contributed by atoms with van der Waals surface area (Å²) in [6.45, 7) is 3.22. The standard InChI is InChI=1S/C36H40N2O6/c1-24(30-16-15-27-5-3-4-6-31(27)19-30)38(2)22-32-20-33(28-11-9-26(23-39)10-12-28)44-36(43-32)29-13-7-25(8-14-29)21-37-34(40)17-18-35(41)42/h3-16,19,24,32-33,36,39H,17-18,20-23H2,1-2H3,(H,37,40)(H,41,42)/t24-,32-,33+,36+/m1/s1. The lowest BCUT2D eigenvalue weighted by atomic mass is 9.98. The van der Waals surface area contributed by atoms with Gasteiger partial charge in [0.05, 0.1) is 25.2 Å². The number of hydrogen-bond acceptors (Lipinski definition) is 6. The minimum absolute atomic E-state index is 0.00994. The van der Waals surface area contributed by atoms with E-state index < -0.39 is 12.3 Å². The fourth-order valence-electron chi connectivity index (χ4n) is 5.54. The molecule has 44 heavy (non-hydrogen) atoms. The van der Waals surface area contributed by atoms with E-state index in [1.54, 1.807) is 0 Å². The number of fused-ring (bicyclic) bond motifs is 1. The first-order valence-electron chi connectivity index (χ1n) is 15.1. The molecule has 1 aliphatic heterocycles. The number of carboxylic acid groups (broad SMARTS) is 1. The highest BCUT2D eigenvalue weighted by Crippen LogP contribution is 2.38. The molecule has 5 rings (SSSR count). The van der Waals surface area contributed by atoms with Crippen molar-refractivity contribution in [2.75, 3.05) is 13.6 Å². The summed E-state index contributed by atoms with van der Waals surface area (Å²) in [5.74, 6) is -1.29. The van der Waals surface area contributed by atoms with E-state index in [0.717, 1.165) is 22.3 Å². The summed E-state index contributed by atoms with van der Waals surface area (Å²) in [4.78, 5) is 25.0. The first-order chi connectivity index (χ1) is 21.3. The molecule has 1 amide bonds. The van der Waals surface area contributed by atoms with Crippen LogP contribution in [0.2, 0.25) is 0 Å². The van der Waals surface area contributed by atoms with Crippen molar-refractivity contribution >= 4 is 22.6 Å². The average Bonchev–Trinajstić information content (AvgIpc) is 3.05. The second-order valence-corrected chi connectivity index (χ2v) is 11.5. The van der Waals surface area contributed by atoms with E-state index in [0.29, 0.717) is 19.5 Å². The van der Waals surface area contributed by atoms with E-state index >= 15 is 0 Å². The second kappa shape index (κ2) is 14.6. The second-order valence-electron chi connectivity index (χ2n) is 11.5. The van der Waals surface area contributed by atoms with Gasteiger partial charge in [0.1, 0.15) is 0 Å². The summed E-state index contributed by atoms with van der Waals surface area (Å²) in [7, 11) is 2.12. The Hall–Kier alpha value is -4.08. The molecule has 1 aliphatic rings. The number of hydrogen-bond donors (Lipinski definition) is 3. The monoisotopic (exact) mass is 596 g/mol. The number of likely N-dealkylation sites (N-methyl/N-ethyl adjacent to an activating group) is 1. The number of amides is 1. The maximum Gasteiger partial charge on any atom is 0.303 e. The van der Waals surface area contributed by atoms with Gasteiger partial charge in [-0.15, -0.1) is 0 Å². The first kappa shape index (κ1) is 31.3. The Balaban J connectivity index is 1.29. The van der Waals surface area contributed by atoms with Gasteiger partial charge in [-0.1, -0.05) is 84.9 Å². The van der Waals surface area contributed by atoms with Crippen molar-refractivity contribution < 1.29 is 29.3 Å². The lowest BCUT2D eigenvalue weighted by Crippen LogP contribution is -2.38. The maximum absolute atomic E-state index is 11.9. The molecule has 1 saturated heterocycles. The number of aliphatic hydroxyl groups is 1. The molecule has 8 heteroatoms. The highest BCUT2D eigenvalue weighted by Gasteiger charge is 2.33. The summed E-state index contributed by atoms with van der Waals surface area (Å²) in [6.07, 6.45) is -0.430. The van der Waals surface area contributed by atoms with E-state index in [2.05, 4.69) is 66.7 Å². The van der Waals surface area contributed by atoms with Crippen LogP contribution in [0, 0.1) is 0 Å². The van der Waals surface area contributed by atoms with Crippen LogP contribution < -0.4 is 5.32 Å². The van der Waals surface area contributed by atoms with Crippen LogP contribution in [0.15, 0.2) is 91.0 Å². The van der Waals surface area contributed by atoms with Gasteiger partial charge in [-0.2, -0.15) is 0 Å². The van der Waals surface area contributed by atoms with Crippen LogP contribution in [-0.2, 0) is 32.2 Å². The number of rotatable bonds is 12. The molecule has 0 unspecified atom stereocenters. The average molecular weight is 597 g/mol. The van der Waals surface area contributed by atoms with Crippen LogP contribution in [0.25, 0.3) is 10.8 Å². The molecule has 0 saturated carbocycles. The number of aliphatic carboxylic acids is 1. The fraction of sp³-hybridized carbons (Fsp3) is 0.333. The molecule has 0 spiro atoms. The third-order valence-corrected chi connectivity index (χ3v) is 8.33. The Morgan fingerprint density at radius 2 is 1.57 bits per heavy atom. The van der Waals surface area contributed by atoms with Crippen molar-refractivity contribution in [1.82, 2.24) is 10.2 Å². The zero-order chi connectivity index (χ0) is 31.1. The highest BCUT2D eigenvalue weighted by molar-refractivity contribution is 5.83. The molecule has 4 aromatic carbocycles. The summed E-state index contributed by atoms with van der Waals surface area (Å²) < 4.78 is 13.1. The van der Waals surface area contributed by atoms with Gasteiger partial charge in [-0.05, 0) is 53.1 Å². The van der Waals surface area contributed by atoms with Crippen LogP contribution in [-0.4, -0.2) is 46.7 Å². The molecular formula is C36H40N2O6. The van der Waals surface area contributed by atoms with E-state index in [1.165, 1.54) is 16.3 Å². The molecule has 4 atom stereocenters. The normalized spacial score (nSPS) is 19.1. The first-order valence-corrected chi connectivity index (χ1v) is 15.1. The Kier molecular flexibility index (Phi) is 10.4. The van der Waals surface area contributed by atoms with Crippen molar-refractivity contribution in [2.24, 2.45) is 0 Å². The third kappa shape index (κ3) is 8.09. The van der Waals surface area contributed by atoms with E-state index in [9.17, 15) is 14.7 Å². The third-order valence-electron chi connectivity index (χ3n) is 8.33. The van der Waals surface area contributed by atoms with Crippen molar-refractivity contribution in [1.29, 1.82) is 0 Å². The van der Waals surface area contributed by atoms with E-state index in [4.69, 9.17) is 14.6 Å². The van der Waals surface area contributed by atoms with Crippen LogP contribution in [0.3, 0.4) is 0 Å². The van der Waals surface area contributed by atoms with Gasteiger partial charge in [-0.25, -0.2) is 0 Å². The quantitative estimate of drug-likeness (QED) is 0.183. The van der Waals surface area contributed by atoms with Gasteiger partial charge in [0, 0.05) is 37.5 Å². The molecule has 8 nitrogen and oxygen atoms in total. The van der Waals surface area contributed by atoms with Gasteiger partial charge >= 0.3 is 5.97 Å². The number of ether oxygens (including phenoxy) is 2. The van der Waals surface area contributed by atoms with Crippen LogP contribution in [0.1, 0.15) is 72.4 Å². The van der Waals surface area contributed by atoms with E-state index in [-0.39, 0.29) is 43.6 Å². The molecule has 3 N–H and O–H groups in total. The number of carbonyl (C=O) groups excluding carboxylic acids is 1. The predicted molar refractivity (Wildman–Crippen MR) is 169 cm³/mol. The Morgan fingerprint density at radius 1 is 0.886 bits per heavy atom. The van der Waals surface area contributed by atoms with Crippen molar-refractivity contribution in [3.63, 3.8) is 0 Å². The topological polar surface area (TPSA) is 108 Å². The van der Waals surface area contributed by atoms with E-state index in [1.807, 2.05) is 48.5 Å². The molecule has 1 fully saturated rings. The Bertz CT molecular complexity index is 1560. The number of carbonyl (C=O) groups is 2. The highest BCUT2D eigenvalue weighted by atomic mass is 16.7. The minimum atomic E-state index is -0.993. The predicted octanol–water partition coefficient (Wildman–Crippen LogP) is 6.05. The summed E-state index contributed by atoms with van der Waals surface area (Å²) in [5.41, 5.74) is 4.90. The molecule has 0 radical (unpaired) electrons. The molecule has 0 bridgehead atoms. The van der Waals surface area contributed by atoms with Gasteiger partial charge in [-0.3, -0.25) is 14.5 Å². The smallest absolute Gasteiger partial charge is 0.303 e. The largest absolute Gasteiger partial charge is 0.481 e. The summed E-state index contributed by atoms with van der Waals surface area (Å²) in [6, 6.07) is 30.8. The van der Waals surface area contributed by atoms with Crippen molar-refractivity contribution in [3.8, 4) is 0 Å². The summed E-state index contributed by atoms with van der Waals surface area (Å²) >= 11 is 0. The number of nitrogens with zero attached hydrogens (tertiary/aromatic N) is 1. The van der Waals surface area contributed by atoms with Crippen molar-refractivity contribution in [3.05, 3.63) is 119 Å². The summed E-state index contributed by atoms with van der Waals surface area (Å²) in [5, 5.41) is 23.5. The van der Waals surface area contributed by atoms with Crippen molar-refractivity contribution in [2.45, 2.75) is 63.9 Å². The van der Waals surface area contributed by atoms with Gasteiger partial charge in [0.15, 0.2) is 6.29 Å². The zero-order valence-corrected chi connectivity index (χ0v) is 25.2. The lowest BCUT2D eigenvalue weighted by molar-refractivity contribution is -0.253. The molecule has 230 valence electrons. The molecule has 1 heterocycles. The molecule has 0 aromatic heterocycles. The number of carboxylic acids is 1. The molecule has 0 aliphatic carbocycles. The number of benzene rings is 4. The van der Waals surface area contributed by atoms with Gasteiger partial charge in [0.2, 0.25) is 5.91 Å². The van der Waals surface area contributed by atoms with Crippen LogP contribution in [0.5, 0.6) is 0 Å². The SMILES string of the molecule is C[C@H](c1ccc2ccccc2c1)N(C)C[C@H]1C[C@@H](c2ccc(CO)cc2)O[C@@H](c2ccc(CNC(=O)CCC(=O)O)cc2)O1. The zero-order valence-electron chi connectivity index (χ0n) is 25.2. The molecular weight excluding hydrogens is 556 g/mol. The number of nitrogens with one attached hydrogen (secondary N) is 1. The van der Waals surface area contributed by atoms with Crippen LogP contribution in [0.4, 0.5) is 0 Å². The Morgan fingerprint density at radius 3 is 2.27 bits per heavy atom. The lowest BCUT2D eigenvalue weighted by Gasteiger charge is -2.39. The molecule has 4 aromatic rings. The maximum atomic E-state index is 11.9.